The zero-order valence-corrected chi connectivity index (χ0v) is 13.5. The van der Waals surface area contributed by atoms with E-state index in [9.17, 15) is 4.79 Å². The van der Waals surface area contributed by atoms with E-state index < -0.39 is 15.2 Å². The van der Waals surface area contributed by atoms with E-state index in [-0.39, 0.29) is 6.61 Å². The van der Waals surface area contributed by atoms with Crippen LogP contribution < -0.4 is 5.32 Å². The molecular weight excluding hydrogens is 333 g/mol. The van der Waals surface area contributed by atoms with Gasteiger partial charge in [-0.2, -0.15) is 0 Å². The van der Waals surface area contributed by atoms with E-state index in [4.69, 9.17) is 9.84 Å². The number of nitrogens with one attached hydrogen (secondary N) is 1. The molecule has 0 aliphatic carbocycles. The van der Waals surface area contributed by atoms with Crippen LogP contribution in [0.3, 0.4) is 0 Å². The second kappa shape index (κ2) is 6.78. The summed E-state index contributed by atoms with van der Waals surface area (Å²) in [5.74, 6) is 0.438. The molecule has 0 aromatic carbocycles. The summed E-state index contributed by atoms with van der Waals surface area (Å²) < 4.78 is 4.78. The number of halogens is 1. The molecule has 2 N–H and O–H groups in total. The third kappa shape index (κ3) is 8.65. The molecule has 17 heavy (non-hydrogen) atoms. The summed E-state index contributed by atoms with van der Waals surface area (Å²) in [6, 6.07) is 0. The lowest BCUT2D eigenvalue weighted by Gasteiger charge is -2.31. The van der Waals surface area contributed by atoms with Gasteiger partial charge in [-0.25, -0.2) is 4.79 Å². The second-order valence-electron chi connectivity index (χ2n) is 5.66. The quantitative estimate of drug-likeness (QED) is 0.452. The van der Waals surface area contributed by atoms with Crippen molar-refractivity contribution in [3.8, 4) is 0 Å². The minimum atomic E-state index is -0.501. The zero-order chi connectivity index (χ0) is 13.7. The first kappa shape index (κ1) is 17.0. The second-order valence-corrected chi connectivity index (χ2v) is 7.73. The Kier molecular flexibility index (Phi) is 6.76. The van der Waals surface area contributed by atoms with Crippen molar-refractivity contribution < 1.29 is 14.6 Å². The maximum atomic E-state index is 11.7. The molecule has 0 spiro atoms. The summed E-state index contributed by atoms with van der Waals surface area (Å²) in [4.78, 5) is 11.7. The van der Waals surface area contributed by atoms with Crippen LogP contribution in [-0.2, 0) is 4.74 Å². The van der Waals surface area contributed by atoms with Crippen molar-refractivity contribution in [2.45, 2.75) is 56.6 Å². The molecule has 4 nitrogen and oxygen atoms in total. The Labute approximate surface area is 118 Å². The fourth-order valence-electron chi connectivity index (χ4n) is 1.53. The van der Waals surface area contributed by atoms with E-state index >= 15 is 0 Å². The molecule has 0 rings (SSSR count). The maximum absolute atomic E-state index is 11.7. The first-order chi connectivity index (χ1) is 7.58. The third-order valence-corrected chi connectivity index (χ3v) is 3.21. The summed E-state index contributed by atoms with van der Waals surface area (Å²) in [6.45, 7) is 9.70. The highest BCUT2D eigenvalue weighted by atomic mass is 127. The number of aliphatic hydroxyl groups excluding tert-OH is 1. The molecule has 0 heterocycles. The molecule has 0 unspecified atom stereocenters. The van der Waals surface area contributed by atoms with Crippen LogP contribution in [0, 0.1) is 5.92 Å². The largest absolute Gasteiger partial charge is 0.444 e. The molecule has 0 saturated carbocycles. The third-order valence-electron chi connectivity index (χ3n) is 1.96. The fraction of sp³-hybridized carbons (Fsp3) is 0.917. The topological polar surface area (TPSA) is 58.6 Å². The lowest BCUT2D eigenvalue weighted by molar-refractivity contribution is 0.0484. The van der Waals surface area contributed by atoms with E-state index in [0.29, 0.717) is 12.3 Å². The van der Waals surface area contributed by atoms with Crippen LogP contribution in [0.5, 0.6) is 0 Å². The van der Waals surface area contributed by atoms with E-state index in [0.717, 1.165) is 6.42 Å². The van der Waals surface area contributed by atoms with E-state index in [2.05, 4.69) is 41.8 Å². The number of aliphatic hydroxyl groups is 1. The number of amides is 1. The maximum Gasteiger partial charge on any atom is 0.408 e. The van der Waals surface area contributed by atoms with Crippen molar-refractivity contribution in [3.63, 3.8) is 0 Å². The lowest BCUT2D eigenvalue weighted by Crippen LogP contribution is -2.47. The number of hydrogen-bond donors (Lipinski definition) is 2. The molecule has 0 saturated heterocycles. The first-order valence-electron chi connectivity index (χ1n) is 5.89. The Hall–Kier alpha value is -0.0400. The number of ether oxygens (including phenoxy) is 1. The van der Waals surface area contributed by atoms with Crippen LogP contribution >= 0.6 is 22.6 Å². The van der Waals surface area contributed by atoms with Crippen LogP contribution in [0.15, 0.2) is 0 Å². The van der Waals surface area contributed by atoms with Gasteiger partial charge in [0.1, 0.15) is 5.60 Å². The lowest BCUT2D eigenvalue weighted by atomic mass is 10.0. The molecule has 0 aliphatic rings. The van der Waals surface area contributed by atoms with Crippen molar-refractivity contribution >= 4 is 28.7 Å². The van der Waals surface area contributed by atoms with Gasteiger partial charge in [0.25, 0.3) is 0 Å². The van der Waals surface area contributed by atoms with Gasteiger partial charge in [0.2, 0.25) is 0 Å². The Morgan fingerprint density at radius 3 is 2.29 bits per heavy atom. The predicted molar refractivity (Wildman–Crippen MR) is 77.3 cm³/mol. The SMILES string of the molecule is CC(C)C[C@](I)(CCO)NC(=O)OC(C)(C)C. The average molecular weight is 357 g/mol. The van der Waals surface area contributed by atoms with Gasteiger partial charge in [-0.15, -0.1) is 0 Å². The minimum absolute atomic E-state index is 0.0471. The van der Waals surface area contributed by atoms with Crippen LogP contribution in [-0.4, -0.2) is 27.0 Å². The van der Waals surface area contributed by atoms with Crippen LogP contribution in [0.25, 0.3) is 0 Å². The van der Waals surface area contributed by atoms with Crippen LogP contribution in [0.1, 0.15) is 47.5 Å². The predicted octanol–water partition coefficient (Wildman–Crippen LogP) is 3.07. The molecule has 1 atom stereocenters. The smallest absolute Gasteiger partial charge is 0.408 e. The van der Waals surface area contributed by atoms with Crippen molar-refractivity contribution in [2.75, 3.05) is 6.61 Å². The Bertz CT molecular complexity index is 251. The molecule has 0 radical (unpaired) electrons. The average Bonchev–Trinajstić information content (AvgIpc) is 1.96. The number of carbonyl (C=O) groups is 1. The molecule has 0 aliphatic heterocycles. The van der Waals surface area contributed by atoms with Gasteiger partial charge >= 0.3 is 6.09 Å². The van der Waals surface area contributed by atoms with Crippen molar-refractivity contribution in [1.82, 2.24) is 5.32 Å². The summed E-state index contributed by atoms with van der Waals surface area (Å²) in [6.07, 6.45) is 0.888. The number of rotatable bonds is 5. The molecule has 0 bridgehead atoms. The summed E-state index contributed by atoms with van der Waals surface area (Å²) in [5.41, 5.74) is -0.501. The fourth-order valence-corrected chi connectivity index (χ4v) is 2.87. The van der Waals surface area contributed by atoms with Crippen LogP contribution in [0.4, 0.5) is 4.79 Å². The minimum Gasteiger partial charge on any atom is -0.444 e. The van der Waals surface area contributed by atoms with Gasteiger partial charge in [-0.3, -0.25) is 0 Å². The zero-order valence-electron chi connectivity index (χ0n) is 11.3. The van der Waals surface area contributed by atoms with Gasteiger partial charge in [-0.1, -0.05) is 36.4 Å². The highest BCUT2D eigenvalue weighted by molar-refractivity contribution is 14.1. The number of alkyl carbamates (subject to hydrolysis) is 1. The van der Waals surface area contributed by atoms with Crippen molar-refractivity contribution in [3.05, 3.63) is 0 Å². The van der Waals surface area contributed by atoms with Gasteiger partial charge in [0, 0.05) is 13.0 Å². The Morgan fingerprint density at radius 1 is 1.41 bits per heavy atom. The monoisotopic (exact) mass is 357 g/mol. The van der Waals surface area contributed by atoms with E-state index in [1.165, 1.54) is 0 Å². The molecule has 0 aromatic heterocycles. The molecule has 0 fully saturated rings. The molecular formula is C12H24INO3. The van der Waals surface area contributed by atoms with Gasteiger partial charge in [-0.05, 0) is 33.1 Å². The molecule has 0 aromatic rings. The van der Waals surface area contributed by atoms with Gasteiger partial charge in [0.15, 0.2) is 0 Å². The highest BCUT2D eigenvalue weighted by Crippen LogP contribution is 2.28. The molecule has 102 valence electrons. The Morgan fingerprint density at radius 2 is 1.94 bits per heavy atom. The molecule has 5 heteroatoms. The highest BCUT2D eigenvalue weighted by Gasteiger charge is 2.31. The normalized spacial score (nSPS) is 15.5. The van der Waals surface area contributed by atoms with E-state index in [1.807, 2.05) is 20.8 Å². The number of alkyl halides is 1. The first-order valence-corrected chi connectivity index (χ1v) is 6.97. The van der Waals surface area contributed by atoms with Crippen molar-refractivity contribution in [1.29, 1.82) is 0 Å². The van der Waals surface area contributed by atoms with Crippen LogP contribution in [0.2, 0.25) is 0 Å². The Balaban J connectivity index is 4.48. The van der Waals surface area contributed by atoms with E-state index in [1.54, 1.807) is 0 Å². The summed E-state index contributed by atoms with van der Waals surface area (Å²) in [5, 5.41) is 11.9. The number of carbonyl (C=O) groups excluding carboxylic acids is 1. The summed E-state index contributed by atoms with van der Waals surface area (Å²) >= 11 is 2.18. The number of hydrogen-bond acceptors (Lipinski definition) is 3. The van der Waals surface area contributed by atoms with Gasteiger partial charge in [0.05, 0.1) is 3.55 Å². The summed E-state index contributed by atoms with van der Waals surface area (Å²) in [7, 11) is 0. The standard InChI is InChI=1S/C12H24INO3/c1-9(2)8-12(13,6-7-15)14-10(16)17-11(3,4)5/h9,15H,6-8H2,1-5H3,(H,14,16)/t12-/m0/s1. The van der Waals surface area contributed by atoms with Crippen molar-refractivity contribution in [2.24, 2.45) is 5.92 Å². The van der Waals surface area contributed by atoms with Gasteiger partial charge < -0.3 is 15.2 Å². The molecule has 1 amide bonds.